The molecular formula is C12H22N4O2S. The Morgan fingerprint density at radius 3 is 2.58 bits per heavy atom. The Kier molecular flexibility index (Phi) is 3.75. The van der Waals surface area contributed by atoms with E-state index in [1.807, 2.05) is 13.8 Å². The fraction of sp³-hybridized carbons (Fsp3) is 0.750. The van der Waals surface area contributed by atoms with Gasteiger partial charge in [0.15, 0.2) is 20.6 Å². The molecule has 7 heteroatoms. The second-order valence-corrected chi connectivity index (χ2v) is 7.69. The van der Waals surface area contributed by atoms with Crippen LogP contribution in [0.2, 0.25) is 0 Å². The first-order chi connectivity index (χ1) is 8.79. The van der Waals surface area contributed by atoms with Gasteiger partial charge in [0.1, 0.15) is 5.82 Å². The zero-order valence-electron chi connectivity index (χ0n) is 11.7. The van der Waals surface area contributed by atoms with Crippen molar-refractivity contribution in [3.63, 3.8) is 0 Å². The lowest BCUT2D eigenvalue weighted by molar-refractivity contribution is 0.489. The summed E-state index contributed by atoms with van der Waals surface area (Å²) in [5.41, 5.74) is 5.94. The number of hydrogen-bond donors (Lipinski definition) is 2. The van der Waals surface area contributed by atoms with Gasteiger partial charge in [-0.15, -0.1) is 0 Å². The van der Waals surface area contributed by atoms with Crippen molar-refractivity contribution in [3.05, 3.63) is 0 Å². The van der Waals surface area contributed by atoms with Crippen LogP contribution in [0.3, 0.4) is 0 Å². The molecule has 0 aliphatic heterocycles. The van der Waals surface area contributed by atoms with Crippen molar-refractivity contribution in [2.45, 2.75) is 38.1 Å². The van der Waals surface area contributed by atoms with Crippen LogP contribution in [-0.4, -0.2) is 31.0 Å². The SMILES string of the molecule is CC(C)Cn1nc(NCC2CC2)c(S(C)(=O)=O)c1N. The van der Waals surface area contributed by atoms with Gasteiger partial charge in [0.05, 0.1) is 0 Å². The van der Waals surface area contributed by atoms with E-state index in [4.69, 9.17) is 5.73 Å². The van der Waals surface area contributed by atoms with Crippen molar-refractivity contribution in [1.29, 1.82) is 0 Å². The zero-order chi connectivity index (χ0) is 14.2. The third-order valence-corrected chi connectivity index (χ3v) is 4.25. The lowest BCUT2D eigenvalue weighted by Gasteiger charge is -2.06. The highest BCUT2D eigenvalue weighted by Gasteiger charge is 2.27. The van der Waals surface area contributed by atoms with Crippen LogP contribution in [0.4, 0.5) is 11.6 Å². The summed E-state index contributed by atoms with van der Waals surface area (Å²) >= 11 is 0. The van der Waals surface area contributed by atoms with Crippen molar-refractivity contribution < 1.29 is 8.42 Å². The first-order valence-electron chi connectivity index (χ1n) is 6.59. The van der Waals surface area contributed by atoms with Crippen LogP contribution in [0.25, 0.3) is 0 Å². The minimum Gasteiger partial charge on any atom is -0.383 e. The molecule has 0 amide bonds. The average Bonchev–Trinajstić information content (AvgIpc) is 3.01. The molecule has 0 saturated heterocycles. The first kappa shape index (κ1) is 14.2. The van der Waals surface area contributed by atoms with Crippen LogP contribution in [0.1, 0.15) is 26.7 Å². The van der Waals surface area contributed by atoms with Gasteiger partial charge in [0.2, 0.25) is 0 Å². The number of nitrogens with two attached hydrogens (primary N) is 1. The number of sulfone groups is 1. The summed E-state index contributed by atoms with van der Waals surface area (Å²) in [5, 5.41) is 7.44. The molecule has 3 N–H and O–H groups in total. The maximum Gasteiger partial charge on any atom is 0.182 e. The topological polar surface area (TPSA) is 90.0 Å². The van der Waals surface area contributed by atoms with E-state index in [0.717, 1.165) is 6.54 Å². The molecule has 0 spiro atoms. The molecule has 0 unspecified atom stereocenters. The molecule has 0 radical (unpaired) electrons. The van der Waals surface area contributed by atoms with Crippen LogP contribution < -0.4 is 11.1 Å². The highest BCUT2D eigenvalue weighted by Crippen LogP contribution is 2.32. The van der Waals surface area contributed by atoms with Gasteiger partial charge in [-0.25, -0.2) is 13.1 Å². The van der Waals surface area contributed by atoms with Gasteiger partial charge in [0, 0.05) is 19.3 Å². The Balaban J connectivity index is 2.32. The number of hydrogen-bond acceptors (Lipinski definition) is 5. The molecule has 1 heterocycles. The number of nitrogens with one attached hydrogen (secondary N) is 1. The van der Waals surface area contributed by atoms with Crippen LogP contribution in [0, 0.1) is 11.8 Å². The Hall–Kier alpha value is -1.24. The number of nitrogen functional groups attached to an aromatic ring is 1. The van der Waals surface area contributed by atoms with E-state index in [0.29, 0.717) is 24.2 Å². The predicted octanol–water partition coefficient (Wildman–Crippen LogP) is 1.35. The molecule has 1 saturated carbocycles. The van der Waals surface area contributed by atoms with Gasteiger partial charge in [-0.1, -0.05) is 13.8 Å². The van der Waals surface area contributed by atoms with Crippen LogP contribution in [-0.2, 0) is 16.4 Å². The van der Waals surface area contributed by atoms with Crippen LogP contribution in [0.5, 0.6) is 0 Å². The Morgan fingerprint density at radius 2 is 2.11 bits per heavy atom. The van der Waals surface area contributed by atoms with Crippen molar-refractivity contribution in [2.75, 3.05) is 23.9 Å². The summed E-state index contributed by atoms with van der Waals surface area (Å²) in [6.07, 6.45) is 3.56. The van der Waals surface area contributed by atoms with E-state index in [1.165, 1.54) is 19.1 Å². The predicted molar refractivity (Wildman–Crippen MR) is 75.8 cm³/mol. The molecule has 0 bridgehead atoms. The highest BCUT2D eigenvalue weighted by molar-refractivity contribution is 7.91. The molecular weight excluding hydrogens is 264 g/mol. The molecule has 2 rings (SSSR count). The minimum atomic E-state index is -3.38. The molecule has 1 aromatic rings. The first-order valence-corrected chi connectivity index (χ1v) is 8.48. The summed E-state index contributed by atoms with van der Waals surface area (Å²) < 4.78 is 25.3. The highest BCUT2D eigenvalue weighted by atomic mass is 32.2. The zero-order valence-corrected chi connectivity index (χ0v) is 12.5. The molecule has 1 fully saturated rings. The van der Waals surface area contributed by atoms with E-state index in [1.54, 1.807) is 4.68 Å². The summed E-state index contributed by atoms with van der Waals surface area (Å²) in [6, 6.07) is 0. The van der Waals surface area contributed by atoms with Crippen molar-refractivity contribution >= 4 is 21.5 Å². The number of rotatable bonds is 6. The third kappa shape index (κ3) is 3.40. The van der Waals surface area contributed by atoms with E-state index in [9.17, 15) is 8.42 Å². The van der Waals surface area contributed by atoms with Crippen molar-refractivity contribution in [1.82, 2.24) is 9.78 Å². The van der Waals surface area contributed by atoms with Gasteiger partial charge < -0.3 is 11.1 Å². The van der Waals surface area contributed by atoms with Gasteiger partial charge in [0.25, 0.3) is 0 Å². The quantitative estimate of drug-likeness (QED) is 0.823. The lowest BCUT2D eigenvalue weighted by atomic mass is 10.2. The third-order valence-electron chi connectivity index (χ3n) is 3.11. The molecule has 1 aliphatic rings. The number of nitrogens with zero attached hydrogens (tertiary/aromatic N) is 2. The fourth-order valence-corrected chi connectivity index (χ4v) is 2.94. The Labute approximate surface area is 114 Å². The second kappa shape index (κ2) is 5.03. The molecule has 6 nitrogen and oxygen atoms in total. The second-order valence-electron chi connectivity index (χ2n) is 5.74. The number of aromatic nitrogens is 2. The summed E-state index contributed by atoms with van der Waals surface area (Å²) in [6.45, 7) is 5.46. The monoisotopic (exact) mass is 286 g/mol. The number of anilines is 2. The van der Waals surface area contributed by atoms with Crippen molar-refractivity contribution in [2.24, 2.45) is 11.8 Å². The molecule has 108 valence electrons. The molecule has 19 heavy (non-hydrogen) atoms. The van der Waals surface area contributed by atoms with E-state index < -0.39 is 9.84 Å². The van der Waals surface area contributed by atoms with Crippen molar-refractivity contribution in [3.8, 4) is 0 Å². The Morgan fingerprint density at radius 1 is 1.47 bits per heavy atom. The summed E-state index contributed by atoms with van der Waals surface area (Å²) in [7, 11) is -3.38. The molecule has 0 atom stereocenters. The van der Waals surface area contributed by atoms with Gasteiger partial charge in [-0.05, 0) is 24.7 Å². The minimum absolute atomic E-state index is 0.133. The van der Waals surface area contributed by atoms with Crippen LogP contribution in [0.15, 0.2) is 4.90 Å². The maximum absolute atomic E-state index is 11.9. The van der Waals surface area contributed by atoms with E-state index >= 15 is 0 Å². The van der Waals surface area contributed by atoms with E-state index in [2.05, 4.69) is 10.4 Å². The Bertz CT molecular complexity index is 559. The standard InChI is InChI=1S/C12H22N4O2S/c1-8(2)7-16-11(13)10(19(3,17)18)12(15-16)14-6-9-4-5-9/h8-9H,4-7,13H2,1-3H3,(H,14,15). The smallest absolute Gasteiger partial charge is 0.182 e. The van der Waals surface area contributed by atoms with E-state index in [-0.39, 0.29) is 10.7 Å². The van der Waals surface area contributed by atoms with Gasteiger partial charge >= 0.3 is 0 Å². The van der Waals surface area contributed by atoms with Gasteiger partial charge in [-0.2, -0.15) is 5.10 Å². The summed E-state index contributed by atoms with van der Waals surface area (Å²) in [5.74, 6) is 1.62. The normalized spacial score (nSPS) is 16.0. The largest absolute Gasteiger partial charge is 0.383 e. The lowest BCUT2D eigenvalue weighted by Crippen LogP contribution is -2.10. The molecule has 1 aliphatic carbocycles. The summed E-state index contributed by atoms with van der Waals surface area (Å²) in [4.78, 5) is 0.133. The molecule has 1 aromatic heterocycles. The maximum atomic E-state index is 11.9. The fourth-order valence-electron chi connectivity index (χ4n) is 1.99. The molecule has 0 aromatic carbocycles. The average molecular weight is 286 g/mol. The van der Waals surface area contributed by atoms with Crippen LogP contribution >= 0.6 is 0 Å². The van der Waals surface area contributed by atoms with Gasteiger partial charge in [-0.3, -0.25) is 0 Å².